The predicted molar refractivity (Wildman–Crippen MR) is 123 cm³/mol. The van der Waals surface area contributed by atoms with Crippen molar-refractivity contribution in [2.24, 2.45) is 5.92 Å². The quantitative estimate of drug-likeness (QED) is 0.305. The average Bonchev–Trinajstić information content (AvgIpc) is 2.71. The van der Waals surface area contributed by atoms with Crippen LogP contribution in [0.2, 0.25) is 0 Å². The zero-order valence-electron chi connectivity index (χ0n) is 19.6. The van der Waals surface area contributed by atoms with Crippen LogP contribution in [-0.4, -0.2) is 66.1 Å². The van der Waals surface area contributed by atoms with Crippen molar-refractivity contribution in [3.8, 4) is 0 Å². The Balaban J connectivity index is 1.77. The number of rotatable bonds is 8. The standard InChI is InChI=1S/C22H33N5O6/c1-15-7-8-17(27(31)32)12-18(15)25-19(28)14-26-11-5-6-16(13-26)20(29)23-9-10-24-21(30)33-22(2,3)4/h7-8,12,16H,5-6,9-11,13-14H2,1-4H3,(H,23,29)(H,24,30)(H,25,28). The van der Waals surface area contributed by atoms with Crippen LogP contribution in [0.5, 0.6) is 0 Å². The first-order valence-corrected chi connectivity index (χ1v) is 11.0. The van der Waals surface area contributed by atoms with E-state index in [2.05, 4.69) is 16.0 Å². The molecule has 0 aliphatic carbocycles. The number of non-ortho nitro benzene ring substituents is 1. The molecule has 1 aromatic rings. The Kier molecular flexibility index (Phi) is 9.15. The van der Waals surface area contributed by atoms with Crippen LogP contribution in [0.1, 0.15) is 39.2 Å². The molecule has 33 heavy (non-hydrogen) atoms. The molecule has 11 nitrogen and oxygen atoms in total. The van der Waals surface area contributed by atoms with E-state index in [0.29, 0.717) is 25.2 Å². The molecule has 0 spiro atoms. The number of carbonyl (C=O) groups is 3. The number of ether oxygens (including phenoxy) is 1. The van der Waals surface area contributed by atoms with Crippen LogP contribution in [0.25, 0.3) is 0 Å². The number of hydrogen-bond acceptors (Lipinski definition) is 7. The molecule has 182 valence electrons. The van der Waals surface area contributed by atoms with Crippen LogP contribution in [-0.2, 0) is 14.3 Å². The van der Waals surface area contributed by atoms with Crippen LogP contribution < -0.4 is 16.0 Å². The third-order valence-corrected chi connectivity index (χ3v) is 5.04. The zero-order valence-corrected chi connectivity index (χ0v) is 19.6. The fourth-order valence-electron chi connectivity index (χ4n) is 3.47. The second kappa shape index (κ2) is 11.6. The van der Waals surface area contributed by atoms with Crippen LogP contribution in [0.4, 0.5) is 16.2 Å². The lowest BCUT2D eigenvalue weighted by Gasteiger charge is -2.31. The van der Waals surface area contributed by atoms with E-state index in [-0.39, 0.29) is 43.1 Å². The maximum Gasteiger partial charge on any atom is 0.407 e. The first kappa shape index (κ1) is 26.0. The summed E-state index contributed by atoms with van der Waals surface area (Å²) in [4.78, 5) is 49.0. The number of carbonyl (C=O) groups excluding carboxylic acids is 3. The van der Waals surface area contributed by atoms with E-state index < -0.39 is 16.6 Å². The second-order valence-corrected chi connectivity index (χ2v) is 9.10. The lowest BCUT2D eigenvalue weighted by molar-refractivity contribution is -0.384. The monoisotopic (exact) mass is 463 g/mol. The Labute approximate surface area is 193 Å². The highest BCUT2D eigenvalue weighted by Crippen LogP contribution is 2.22. The third-order valence-electron chi connectivity index (χ3n) is 5.04. The number of aryl methyl sites for hydroxylation is 1. The summed E-state index contributed by atoms with van der Waals surface area (Å²) >= 11 is 0. The molecule has 2 rings (SSSR count). The van der Waals surface area contributed by atoms with Crippen LogP contribution in [0, 0.1) is 23.0 Å². The van der Waals surface area contributed by atoms with Gasteiger partial charge in [-0.25, -0.2) is 4.79 Å². The van der Waals surface area contributed by atoms with Gasteiger partial charge in [0.15, 0.2) is 0 Å². The van der Waals surface area contributed by atoms with E-state index in [0.717, 1.165) is 12.0 Å². The van der Waals surface area contributed by atoms with Crippen molar-refractivity contribution in [1.29, 1.82) is 0 Å². The summed E-state index contributed by atoms with van der Waals surface area (Å²) in [6, 6.07) is 4.32. The van der Waals surface area contributed by atoms with E-state index in [1.165, 1.54) is 12.1 Å². The summed E-state index contributed by atoms with van der Waals surface area (Å²) in [6.45, 7) is 8.82. The first-order chi connectivity index (χ1) is 15.4. The Hall–Kier alpha value is -3.21. The van der Waals surface area contributed by atoms with Crippen molar-refractivity contribution in [3.05, 3.63) is 33.9 Å². The number of alkyl carbamates (subject to hydrolysis) is 1. The number of hydrogen-bond donors (Lipinski definition) is 3. The molecule has 1 aliphatic rings. The van der Waals surface area contributed by atoms with E-state index in [1.807, 2.05) is 4.90 Å². The van der Waals surface area contributed by atoms with Gasteiger partial charge in [0.2, 0.25) is 11.8 Å². The molecule has 0 radical (unpaired) electrons. The number of nitrogens with one attached hydrogen (secondary N) is 3. The number of amides is 3. The van der Waals surface area contributed by atoms with Crippen molar-refractivity contribution in [2.45, 2.75) is 46.1 Å². The van der Waals surface area contributed by atoms with Gasteiger partial charge in [-0.05, 0) is 52.6 Å². The Bertz CT molecular complexity index is 883. The molecule has 0 aromatic heterocycles. The van der Waals surface area contributed by atoms with E-state index in [9.17, 15) is 24.5 Å². The molecule has 1 aliphatic heterocycles. The van der Waals surface area contributed by atoms with Gasteiger partial charge in [-0.2, -0.15) is 0 Å². The second-order valence-electron chi connectivity index (χ2n) is 9.10. The maximum atomic E-state index is 12.5. The minimum atomic E-state index is -0.584. The normalized spacial score (nSPS) is 16.5. The van der Waals surface area contributed by atoms with Gasteiger partial charge in [-0.15, -0.1) is 0 Å². The van der Waals surface area contributed by atoms with Gasteiger partial charge in [-0.1, -0.05) is 6.07 Å². The van der Waals surface area contributed by atoms with E-state index >= 15 is 0 Å². The van der Waals surface area contributed by atoms with Gasteiger partial charge in [0.25, 0.3) is 5.69 Å². The summed E-state index contributed by atoms with van der Waals surface area (Å²) in [7, 11) is 0. The molecular weight excluding hydrogens is 430 g/mol. The minimum absolute atomic E-state index is 0.0894. The highest BCUT2D eigenvalue weighted by Gasteiger charge is 2.27. The zero-order chi connectivity index (χ0) is 24.6. The summed E-state index contributed by atoms with van der Waals surface area (Å²) in [6.07, 6.45) is 0.954. The largest absolute Gasteiger partial charge is 0.444 e. The molecule has 0 saturated carbocycles. The topological polar surface area (TPSA) is 143 Å². The number of nitrogens with zero attached hydrogens (tertiary/aromatic N) is 2. The Morgan fingerprint density at radius 1 is 1.21 bits per heavy atom. The van der Waals surface area contributed by atoms with E-state index in [4.69, 9.17) is 4.74 Å². The molecular formula is C22H33N5O6. The average molecular weight is 464 g/mol. The summed E-state index contributed by atoms with van der Waals surface area (Å²) in [5.41, 5.74) is 0.452. The molecule has 1 atom stereocenters. The van der Waals surface area contributed by atoms with Crippen LogP contribution >= 0.6 is 0 Å². The predicted octanol–water partition coefficient (Wildman–Crippen LogP) is 2.19. The van der Waals surface area contributed by atoms with Crippen LogP contribution in [0.3, 0.4) is 0 Å². The van der Waals surface area contributed by atoms with Crippen molar-refractivity contribution in [2.75, 3.05) is 38.0 Å². The van der Waals surface area contributed by atoms with Gasteiger partial charge in [0, 0.05) is 31.8 Å². The van der Waals surface area contributed by atoms with Crippen molar-refractivity contribution in [1.82, 2.24) is 15.5 Å². The van der Waals surface area contributed by atoms with Gasteiger partial charge in [0.1, 0.15) is 5.60 Å². The highest BCUT2D eigenvalue weighted by molar-refractivity contribution is 5.93. The molecule has 1 saturated heterocycles. The maximum absolute atomic E-state index is 12.5. The van der Waals surface area contributed by atoms with Crippen molar-refractivity contribution in [3.63, 3.8) is 0 Å². The SMILES string of the molecule is Cc1ccc([N+](=O)[O-])cc1NC(=O)CN1CCCC(C(=O)NCCNC(=O)OC(C)(C)C)C1. The molecule has 3 N–H and O–H groups in total. The summed E-state index contributed by atoms with van der Waals surface area (Å²) < 4.78 is 5.14. The fraction of sp³-hybridized carbons (Fsp3) is 0.591. The number of nitro groups is 1. The Morgan fingerprint density at radius 3 is 2.58 bits per heavy atom. The Morgan fingerprint density at radius 2 is 1.91 bits per heavy atom. The number of likely N-dealkylation sites (tertiary alicyclic amines) is 1. The summed E-state index contributed by atoms with van der Waals surface area (Å²) in [5, 5.41) is 19.1. The highest BCUT2D eigenvalue weighted by atomic mass is 16.6. The lowest BCUT2D eigenvalue weighted by Crippen LogP contribution is -2.46. The molecule has 1 heterocycles. The van der Waals surface area contributed by atoms with Gasteiger partial charge in [-0.3, -0.25) is 24.6 Å². The first-order valence-electron chi connectivity index (χ1n) is 11.0. The summed E-state index contributed by atoms with van der Waals surface area (Å²) in [5.74, 6) is -0.672. The minimum Gasteiger partial charge on any atom is -0.444 e. The number of nitro benzene ring substituents is 1. The third kappa shape index (κ3) is 9.05. The number of benzene rings is 1. The van der Waals surface area contributed by atoms with Gasteiger partial charge < -0.3 is 20.7 Å². The molecule has 1 fully saturated rings. The van der Waals surface area contributed by atoms with Gasteiger partial charge in [0.05, 0.1) is 23.1 Å². The lowest BCUT2D eigenvalue weighted by atomic mass is 9.97. The molecule has 3 amide bonds. The molecule has 1 aromatic carbocycles. The van der Waals surface area contributed by atoms with Crippen LogP contribution in [0.15, 0.2) is 18.2 Å². The molecule has 0 bridgehead atoms. The van der Waals surface area contributed by atoms with E-state index in [1.54, 1.807) is 33.8 Å². The van der Waals surface area contributed by atoms with Crippen molar-refractivity contribution < 1.29 is 24.0 Å². The van der Waals surface area contributed by atoms with Crippen molar-refractivity contribution >= 4 is 29.3 Å². The fourth-order valence-corrected chi connectivity index (χ4v) is 3.47. The number of anilines is 1. The molecule has 11 heteroatoms. The smallest absolute Gasteiger partial charge is 0.407 e. The number of piperidine rings is 1. The van der Waals surface area contributed by atoms with Gasteiger partial charge >= 0.3 is 6.09 Å². The molecule has 1 unspecified atom stereocenters.